The van der Waals surface area contributed by atoms with Gasteiger partial charge in [-0.2, -0.15) is 4.98 Å². The van der Waals surface area contributed by atoms with E-state index in [1.807, 2.05) is 0 Å². The summed E-state index contributed by atoms with van der Waals surface area (Å²) < 4.78 is 18.3. The summed E-state index contributed by atoms with van der Waals surface area (Å²) in [6.45, 7) is 3.44. The first-order valence-corrected chi connectivity index (χ1v) is 5.26. The van der Waals surface area contributed by atoms with Crippen LogP contribution in [-0.2, 0) is 0 Å². The number of hydrogen-bond donors (Lipinski definition) is 0. The van der Waals surface area contributed by atoms with Gasteiger partial charge >= 0.3 is 0 Å². The third kappa shape index (κ3) is 2.07. The van der Waals surface area contributed by atoms with Gasteiger partial charge in [-0.1, -0.05) is 11.2 Å². The zero-order chi connectivity index (χ0) is 11.7. The summed E-state index contributed by atoms with van der Waals surface area (Å²) >= 11 is 5.80. The number of benzene rings is 1. The van der Waals surface area contributed by atoms with Crippen molar-refractivity contribution in [2.45, 2.75) is 19.2 Å². The standard InChI is InChI=1S/C11H10ClFN2O/c1-6-3-4-8(5-9(6)13)11-14-10(7(2)12)15-16-11/h3-5,7H,1-2H3. The lowest BCUT2D eigenvalue weighted by Gasteiger charge is -1.97. The smallest absolute Gasteiger partial charge is 0.258 e. The van der Waals surface area contributed by atoms with Crippen molar-refractivity contribution in [2.75, 3.05) is 0 Å². The first kappa shape index (κ1) is 11.1. The zero-order valence-corrected chi connectivity index (χ0v) is 9.62. The van der Waals surface area contributed by atoms with E-state index in [0.29, 0.717) is 17.0 Å². The summed E-state index contributed by atoms with van der Waals surface area (Å²) in [6, 6.07) is 4.76. The van der Waals surface area contributed by atoms with Crippen molar-refractivity contribution in [3.8, 4) is 11.5 Å². The third-order valence-electron chi connectivity index (χ3n) is 2.22. The van der Waals surface area contributed by atoms with Gasteiger partial charge in [0.05, 0.1) is 5.38 Å². The molecule has 1 atom stereocenters. The average Bonchev–Trinajstić information content (AvgIpc) is 2.71. The second-order valence-electron chi connectivity index (χ2n) is 3.54. The molecule has 2 rings (SSSR count). The summed E-state index contributed by atoms with van der Waals surface area (Å²) in [5.41, 5.74) is 1.13. The largest absolute Gasteiger partial charge is 0.334 e. The molecule has 0 aliphatic carbocycles. The molecule has 3 nitrogen and oxygen atoms in total. The Hall–Kier alpha value is -1.42. The van der Waals surface area contributed by atoms with Crippen LogP contribution in [0.2, 0.25) is 0 Å². The molecular formula is C11H10ClFN2O. The molecule has 0 radical (unpaired) electrons. The lowest BCUT2D eigenvalue weighted by Crippen LogP contribution is -1.87. The molecular weight excluding hydrogens is 231 g/mol. The van der Waals surface area contributed by atoms with Gasteiger partial charge in [-0.25, -0.2) is 4.39 Å². The Labute approximate surface area is 97.2 Å². The first-order chi connectivity index (χ1) is 7.58. The van der Waals surface area contributed by atoms with E-state index in [-0.39, 0.29) is 17.1 Å². The molecule has 0 aliphatic rings. The highest BCUT2D eigenvalue weighted by Crippen LogP contribution is 2.23. The SMILES string of the molecule is Cc1ccc(-c2nc(C(C)Cl)no2)cc1F. The number of alkyl halides is 1. The number of halogens is 2. The molecule has 16 heavy (non-hydrogen) atoms. The van der Waals surface area contributed by atoms with Crippen LogP contribution in [0, 0.1) is 12.7 Å². The highest BCUT2D eigenvalue weighted by atomic mass is 35.5. The van der Waals surface area contributed by atoms with Crippen LogP contribution < -0.4 is 0 Å². The second kappa shape index (κ2) is 4.22. The predicted molar refractivity (Wildman–Crippen MR) is 58.7 cm³/mol. The number of aromatic nitrogens is 2. The zero-order valence-electron chi connectivity index (χ0n) is 8.87. The topological polar surface area (TPSA) is 38.9 Å². The van der Waals surface area contributed by atoms with E-state index < -0.39 is 0 Å². The Morgan fingerprint density at radius 1 is 1.44 bits per heavy atom. The van der Waals surface area contributed by atoms with Crippen LogP contribution in [0.25, 0.3) is 11.5 Å². The summed E-state index contributed by atoms with van der Waals surface area (Å²) in [5, 5.41) is 3.38. The van der Waals surface area contributed by atoms with Crippen LogP contribution in [0.1, 0.15) is 23.7 Å². The van der Waals surface area contributed by atoms with Crippen LogP contribution in [-0.4, -0.2) is 10.1 Å². The number of rotatable bonds is 2. The second-order valence-corrected chi connectivity index (χ2v) is 4.19. The van der Waals surface area contributed by atoms with Gasteiger partial charge in [-0.3, -0.25) is 0 Å². The molecule has 5 heteroatoms. The van der Waals surface area contributed by atoms with E-state index in [4.69, 9.17) is 16.1 Å². The van der Waals surface area contributed by atoms with Crippen molar-refractivity contribution in [3.05, 3.63) is 35.4 Å². The maximum absolute atomic E-state index is 13.3. The van der Waals surface area contributed by atoms with Crippen LogP contribution in [0.15, 0.2) is 22.7 Å². The van der Waals surface area contributed by atoms with E-state index >= 15 is 0 Å². The molecule has 0 amide bonds. The fourth-order valence-corrected chi connectivity index (χ4v) is 1.33. The molecule has 2 aromatic rings. The lowest BCUT2D eigenvalue weighted by molar-refractivity contribution is 0.422. The quantitative estimate of drug-likeness (QED) is 0.755. The molecule has 1 aromatic carbocycles. The Bertz CT molecular complexity index is 510. The van der Waals surface area contributed by atoms with Gasteiger partial charge in [0.15, 0.2) is 5.82 Å². The van der Waals surface area contributed by atoms with E-state index in [1.165, 1.54) is 6.07 Å². The summed E-state index contributed by atoms with van der Waals surface area (Å²) in [5.74, 6) is 0.384. The van der Waals surface area contributed by atoms with Gasteiger partial charge in [-0.15, -0.1) is 11.6 Å². The molecule has 0 saturated heterocycles. The number of nitrogens with zero attached hydrogens (tertiary/aromatic N) is 2. The molecule has 1 aromatic heterocycles. The molecule has 0 N–H and O–H groups in total. The Morgan fingerprint density at radius 3 is 2.75 bits per heavy atom. The third-order valence-corrected chi connectivity index (χ3v) is 2.41. The molecule has 1 unspecified atom stereocenters. The van der Waals surface area contributed by atoms with Crippen molar-refractivity contribution in [1.29, 1.82) is 0 Å². The van der Waals surface area contributed by atoms with E-state index in [0.717, 1.165) is 0 Å². The van der Waals surface area contributed by atoms with Gasteiger partial charge in [0, 0.05) is 5.56 Å². The van der Waals surface area contributed by atoms with Crippen molar-refractivity contribution in [2.24, 2.45) is 0 Å². The van der Waals surface area contributed by atoms with Crippen LogP contribution >= 0.6 is 11.6 Å². The molecule has 0 fully saturated rings. The van der Waals surface area contributed by atoms with Gasteiger partial charge in [0.2, 0.25) is 0 Å². The lowest BCUT2D eigenvalue weighted by atomic mass is 10.1. The molecule has 0 saturated carbocycles. The maximum atomic E-state index is 13.3. The monoisotopic (exact) mass is 240 g/mol. The summed E-state index contributed by atoms with van der Waals surface area (Å²) in [7, 11) is 0. The van der Waals surface area contributed by atoms with E-state index in [9.17, 15) is 4.39 Å². The fraction of sp³-hybridized carbons (Fsp3) is 0.273. The average molecular weight is 241 g/mol. The van der Waals surface area contributed by atoms with Crippen LogP contribution in [0.5, 0.6) is 0 Å². The highest BCUT2D eigenvalue weighted by Gasteiger charge is 2.13. The van der Waals surface area contributed by atoms with Crippen LogP contribution in [0.4, 0.5) is 4.39 Å². The number of aryl methyl sites for hydroxylation is 1. The van der Waals surface area contributed by atoms with E-state index in [1.54, 1.807) is 26.0 Å². The summed E-state index contributed by atoms with van der Waals surface area (Å²) in [4.78, 5) is 4.07. The Kier molecular flexibility index (Phi) is 2.92. The summed E-state index contributed by atoms with van der Waals surface area (Å²) in [6.07, 6.45) is 0. The molecule has 84 valence electrons. The van der Waals surface area contributed by atoms with Gasteiger partial charge in [0.25, 0.3) is 5.89 Å². The van der Waals surface area contributed by atoms with Gasteiger partial charge < -0.3 is 4.52 Å². The first-order valence-electron chi connectivity index (χ1n) is 4.82. The van der Waals surface area contributed by atoms with E-state index in [2.05, 4.69) is 10.1 Å². The van der Waals surface area contributed by atoms with Crippen molar-refractivity contribution in [3.63, 3.8) is 0 Å². The minimum absolute atomic E-state index is 0.279. The normalized spacial score (nSPS) is 12.8. The minimum atomic E-state index is -0.326. The fourth-order valence-electron chi connectivity index (χ4n) is 1.24. The minimum Gasteiger partial charge on any atom is -0.334 e. The van der Waals surface area contributed by atoms with Crippen molar-refractivity contribution < 1.29 is 8.91 Å². The molecule has 0 bridgehead atoms. The maximum Gasteiger partial charge on any atom is 0.258 e. The van der Waals surface area contributed by atoms with Gasteiger partial charge in [-0.05, 0) is 31.5 Å². The molecule has 0 spiro atoms. The predicted octanol–water partition coefficient (Wildman–Crippen LogP) is 3.48. The Morgan fingerprint density at radius 2 is 2.19 bits per heavy atom. The Balaban J connectivity index is 2.39. The molecule has 1 heterocycles. The van der Waals surface area contributed by atoms with Crippen molar-refractivity contribution >= 4 is 11.6 Å². The van der Waals surface area contributed by atoms with Crippen LogP contribution in [0.3, 0.4) is 0 Å². The highest BCUT2D eigenvalue weighted by molar-refractivity contribution is 6.20. The number of hydrogen-bond acceptors (Lipinski definition) is 3. The molecule has 0 aliphatic heterocycles. The van der Waals surface area contributed by atoms with Crippen molar-refractivity contribution in [1.82, 2.24) is 10.1 Å². The van der Waals surface area contributed by atoms with Gasteiger partial charge in [0.1, 0.15) is 5.82 Å².